The molecule has 1 rings (SSSR count). The number of hydrogen-bond donors (Lipinski definition) is 0. The van der Waals surface area contributed by atoms with Crippen LogP contribution in [0, 0.1) is 5.82 Å². The summed E-state index contributed by atoms with van der Waals surface area (Å²) in [5.41, 5.74) is 0.525. The van der Waals surface area contributed by atoms with Gasteiger partial charge in [-0.1, -0.05) is 22.0 Å². The van der Waals surface area contributed by atoms with Gasteiger partial charge in [0.15, 0.2) is 0 Å². The third-order valence-electron chi connectivity index (χ3n) is 1.57. The quantitative estimate of drug-likeness (QED) is 0.745. The topological polar surface area (TPSA) is 17.1 Å². The summed E-state index contributed by atoms with van der Waals surface area (Å²) in [6.07, 6.45) is 0.326. The van der Waals surface area contributed by atoms with E-state index >= 15 is 0 Å². The molecule has 0 unspecified atom stereocenters. The second kappa shape index (κ2) is 3.93. The van der Waals surface area contributed by atoms with E-state index in [0.717, 1.165) is 0 Å². The fraction of sp³-hybridized carbons (Fsp3) is 0.333. The predicted octanol–water partition coefficient (Wildman–Crippen LogP) is 3.71. The molecule has 0 aromatic heterocycles. The summed E-state index contributed by atoms with van der Waals surface area (Å²) in [6, 6.07) is 4.82. The van der Waals surface area contributed by atoms with Gasteiger partial charge in [0.05, 0.1) is 7.14 Å². The molecule has 0 heterocycles. The van der Waals surface area contributed by atoms with E-state index in [1.165, 1.54) is 6.07 Å². The minimum absolute atomic E-state index is 0.293. The fourth-order valence-electron chi connectivity index (χ4n) is 1.06. The van der Waals surface area contributed by atoms with Gasteiger partial charge in [0, 0.05) is 10.6 Å². The molecule has 1 aromatic rings. The van der Waals surface area contributed by atoms with E-state index in [0.29, 0.717) is 16.2 Å². The number of halogens is 2. The number of benzene rings is 1. The molecule has 0 aliphatic heterocycles. The smallest absolute Gasteiger partial charge is 0.127 e. The Bertz CT molecular complexity index is 359. The highest BCUT2D eigenvalue weighted by Gasteiger charge is 2.11. The van der Waals surface area contributed by atoms with E-state index in [1.807, 2.05) is 0 Å². The number of hydrogen-bond acceptors (Lipinski definition) is 1. The largest absolute Gasteiger partial charge is 0.324 e. The number of rotatable bonds is 2. The lowest BCUT2D eigenvalue weighted by Gasteiger charge is -2.07. The van der Waals surface area contributed by atoms with Gasteiger partial charge in [0.2, 0.25) is 0 Å². The van der Waals surface area contributed by atoms with Crippen LogP contribution in [0.25, 0.3) is 0 Å². The van der Waals surface area contributed by atoms with Crippen molar-refractivity contribution in [2.45, 2.75) is 6.16 Å². The third kappa shape index (κ3) is 3.61. The van der Waals surface area contributed by atoms with Crippen LogP contribution in [0.3, 0.4) is 0 Å². The molecule has 1 nitrogen and oxygen atoms in total. The summed E-state index contributed by atoms with van der Waals surface area (Å²) in [5.74, 6) is -0.293. The monoisotopic (exact) mass is 264 g/mol. The molecule has 72 valence electrons. The van der Waals surface area contributed by atoms with E-state index in [9.17, 15) is 8.96 Å². The molecule has 4 heteroatoms. The third-order valence-corrected chi connectivity index (χ3v) is 3.16. The Morgan fingerprint density at radius 2 is 2.08 bits per heavy atom. The molecule has 1 aromatic carbocycles. The minimum atomic E-state index is -2.18. The van der Waals surface area contributed by atoms with Crippen molar-refractivity contribution in [3.8, 4) is 0 Å². The van der Waals surface area contributed by atoms with Crippen LogP contribution < -0.4 is 0 Å². The van der Waals surface area contributed by atoms with E-state index in [4.69, 9.17) is 0 Å². The van der Waals surface area contributed by atoms with Crippen LogP contribution in [0.1, 0.15) is 5.56 Å². The van der Waals surface area contributed by atoms with Crippen molar-refractivity contribution >= 4 is 23.1 Å². The van der Waals surface area contributed by atoms with Crippen molar-refractivity contribution in [2.24, 2.45) is 0 Å². The molecule has 0 bridgehead atoms. The van der Waals surface area contributed by atoms with Gasteiger partial charge in [0.1, 0.15) is 5.82 Å². The molecule has 0 aliphatic rings. The molecule has 0 aliphatic carbocycles. The van der Waals surface area contributed by atoms with Gasteiger partial charge in [-0.05, 0) is 31.0 Å². The van der Waals surface area contributed by atoms with Crippen molar-refractivity contribution in [1.29, 1.82) is 0 Å². The minimum Gasteiger partial charge on any atom is -0.324 e. The first-order valence-electron chi connectivity index (χ1n) is 3.86. The summed E-state index contributed by atoms with van der Waals surface area (Å²) >= 11 is 3.17. The Labute approximate surface area is 85.8 Å². The first-order valence-corrected chi connectivity index (χ1v) is 7.44. The van der Waals surface area contributed by atoms with Gasteiger partial charge >= 0.3 is 0 Å². The van der Waals surface area contributed by atoms with E-state index in [2.05, 4.69) is 15.9 Å². The van der Waals surface area contributed by atoms with Crippen LogP contribution in [0.4, 0.5) is 4.39 Å². The van der Waals surface area contributed by atoms with E-state index in [-0.39, 0.29) is 5.82 Å². The van der Waals surface area contributed by atoms with Crippen LogP contribution in [-0.4, -0.2) is 13.3 Å². The molecular formula is C9H11BrFOP. The van der Waals surface area contributed by atoms with Gasteiger partial charge in [0.25, 0.3) is 0 Å². The summed E-state index contributed by atoms with van der Waals surface area (Å²) in [4.78, 5) is 0. The van der Waals surface area contributed by atoms with Crippen molar-refractivity contribution in [2.75, 3.05) is 13.3 Å². The zero-order valence-electron chi connectivity index (χ0n) is 7.55. The highest BCUT2D eigenvalue weighted by Crippen LogP contribution is 2.41. The lowest BCUT2D eigenvalue weighted by atomic mass is 10.2. The lowest BCUT2D eigenvalue weighted by Crippen LogP contribution is -1.90. The molecule has 0 saturated carbocycles. The maximum absolute atomic E-state index is 13.2. The standard InChI is InChI=1S/C9H11BrFOP/c1-13(2,12)6-7-3-4-8(10)5-9(7)11/h3-5H,6H2,1-2H3. The Balaban J connectivity index is 2.97. The lowest BCUT2D eigenvalue weighted by molar-refractivity contribution is 0.577. The van der Waals surface area contributed by atoms with Crippen LogP contribution in [0.2, 0.25) is 0 Å². The SMILES string of the molecule is CP(C)(=O)Cc1ccc(Br)cc1F. The van der Waals surface area contributed by atoms with Gasteiger partial charge in [-0.15, -0.1) is 0 Å². The van der Waals surface area contributed by atoms with Crippen molar-refractivity contribution in [3.63, 3.8) is 0 Å². The first-order chi connectivity index (χ1) is 5.88. The van der Waals surface area contributed by atoms with Gasteiger partial charge < -0.3 is 4.57 Å². The molecule has 13 heavy (non-hydrogen) atoms. The second-order valence-corrected chi connectivity index (χ2v) is 7.85. The van der Waals surface area contributed by atoms with Crippen molar-refractivity contribution in [3.05, 3.63) is 34.1 Å². The van der Waals surface area contributed by atoms with Crippen LogP contribution in [-0.2, 0) is 10.7 Å². The average molecular weight is 265 g/mol. The van der Waals surface area contributed by atoms with Gasteiger partial charge in [-0.25, -0.2) is 4.39 Å². The van der Waals surface area contributed by atoms with Crippen molar-refractivity contribution in [1.82, 2.24) is 0 Å². The molecule has 0 amide bonds. The zero-order valence-corrected chi connectivity index (χ0v) is 10.0. The Kier molecular flexibility index (Phi) is 3.31. The molecule has 0 radical (unpaired) electrons. The highest BCUT2D eigenvalue weighted by atomic mass is 79.9. The first kappa shape index (κ1) is 10.9. The zero-order chi connectivity index (χ0) is 10.1. The summed E-state index contributed by atoms with van der Waals surface area (Å²) in [5, 5.41) is 0. The maximum atomic E-state index is 13.2. The molecule has 0 N–H and O–H groups in total. The molecule has 0 saturated heterocycles. The molecule has 0 fully saturated rings. The molecular weight excluding hydrogens is 254 g/mol. The molecule has 0 spiro atoms. The van der Waals surface area contributed by atoms with Crippen molar-refractivity contribution < 1.29 is 8.96 Å². The summed E-state index contributed by atoms with van der Waals surface area (Å²) in [7, 11) is -2.18. The van der Waals surface area contributed by atoms with Crippen LogP contribution >= 0.6 is 23.1 Å². The van der Waals surface area contributed by atoms with Gasteiger partial charge in [-0.3, -0.25) is 0 Å². The Hall–Kier alpha value is -0.140. The van der Waals surface area contributed by atoms with Crippen LogP contribution in [0.5, 0.6) is 0 Å². The summed E-state index contributed by atoms with van der Waals surface area (Å²) < 4.78 is 25.4. The predicted molar refractivity (Wildman–Crippen MR) is 57.3 cm³/mol. The maximum Gasteiger partial charge on any atom is 0.127 e. The van der Waals surface area contributed by atoms with Crippen LogP contribution in [0.15, 0.2) is 22.7 Å². The molecule has 0 atom stereocenters. The normalized spacial score (nSPS) is 11.7. The Morgan fingerprint density at radius 3 is 2.54 bits per heavy atom. The second-order valence-electron chi connectivity index (χ2n) is 3.47. The average Bonchev–Trinajstić information content (AvgIpc) is 1.93. The fourth-order valence-corrected chi connectivity index (χ4v) is 2.47. The summed E-state index contributed by atoms with van der Waals surface area (Å²) in [6.45, 7) is 3.32. The van der Waals surface area contributed by atoms with E-state index in [1.54, 1.807) is 25.5 Å². The van der Waals surface area contributed by atoms with Gasteiger partial charge in [-0.2, -0.15) is 0 Å². The highest BCUT2D eigenvalue weighted by molar-refractivity contribution is 9.10. The van der Waals surface area contributed by atoms with E-state index < -0.39 is 7.14 Å². The Morgan fingerprint density at radius 1 is 1.46 bits per heavy atom.